The Balaban J connectivity index is 1.81. The van der Waals surface area contributed by atoms with E-state index in [1.165, 1.54) is 25.7 Å². The predicted octanol–water partition coefficient (Wildman–Crippen LogP) is 2.51. The molecule has 2 aliphatic carbocycles. The molecule has 1 saturated heterocycles. The topological polar surface area (TPSA) is 32.3 Å². The van der Waals surface area contributed by atoms with Gasteiger partial charge < -0.3 is 4.90 Å². The van der Waals surface area contributed by atoms with Gasteiger partial charge in [-0.05, 0) is 37.5 Å². The quantitative estimate of drug-likeness (QED) is 0.816. The minimum Gasteiger partial charge on any atom is -0.322 e. The van der Waals surface area contributed by atoms with Crippen LogP contribution in [0.2, 0.25) is 0 Å². The van der Waals surface area contributed by atoms with Crippen LogP contribution in [-0.4, -0.2) is 28.6 Å². The summed E-state index contributed by atoms with van der Waals surface area (Å²) in [5.41, 5.74) is -0.143. The second-order valence-electron chi connectivity index (χ2n) is 7.05. The minimum atomic E-state index is -0.143. The van der Waals surface area contributed by atoms with Gasteiger partial charge in [0.1, 0.15) is 0 Å². The number of carbonyl (C=O) groups excluding carboxylic acids is 1. The van der Waals surface area contributed by atoms with E-state index in [0.29, 0.717) is 17.9 Å². The summed E-state index contributed by atoms with van der Waals surface area (Å²) in [7, 11) is 0. The van der Waals surface area contributed by atoms with Crippen LogP contribution < -0.4 is 5.32 Å². The van der Waals surface area contributed by atoms with Gasteiger partial charge in [-0.15, -0.1) is 0 Å². The minimum absolute atomic E-state index is 0.143. The molecule has 102 valence electrons. The third-order valence-electron chi connectivity index (χ3n) is 5.05. The molecule has 0 aromatic carbocycles. The summed E-state index contributed by atoms with van der Waals surface area (Å²) >= 11 is 0. The third-order valence-corrected chi connectivity index (χ3v) is 5.05. The number of rotatable bonds is 2. The van der Waals surface area contributed by atoms with Crippen LogP contribution in [0.3, 0.4) is 0 Å². The molecular formula is C15H26N2O. The summed E-state index contributed by atoms with van der Waals surface area (Å²) < 4.78 is 0. The van der Waals surface area contributed by atoms with Crippen molar-refractivity contribution in [1.29, 1.82) is 0 Å². The zero-order chi connectivity index (χ0) is 12.9. The lowest BCUT2D eigenvalue weighted by Gasteiger charge is -2.38. The van der Waals surface area contributed by atoms with E-state index >= 15 is 0 Å². The summed E-state index contributed by atoms with van der Waals surface area (Å²) in [4.78, 5) is 14.9. The number of amides is 1. The number of carbonyl (C=O) groups is 1. The zero-order valence-corrected chi connectivity index (χ0v) is 11.9. The predicted molar refractivity (Wildman–Crippen MR) is 72.0 cm³/mol. The highest BCUT2D eigenvalue weighted by Gasteiger charge is 2.60. The lowest BCUT2D eigenvalue weighted by Crippen LogP contribution is -2.48. The first-order chi connectivity index (χ1) is 8.53. The van der Waals surface area contributed by atoms with Gasteiger partial charge in [-0.2, -0.15) is 0 Å². The Bertz CT molecular complexity index is 348. The van der Waals surface area contributed by atoms with Crippen molar-refractivity contribution in [2.24, 2.45) is 11.8 Å². The van der Waals surface area contributed by atoms with Crippen LogP contribution in [0.15, 0.2) is 0 Å². The van der Waals surface area contributed by atoms with Crippen molar-refractivity contribution in [3.8, 4) is 0 Å². The van der Waals surface area contributed by atoms with Gasteiger partial charge in [0.25, 0.3) is 0 Å². The van der Waals surface area contributed by atoms with Crippen molar-refractivity contribution in [3.05, 3.63) is 0 Å². The fraction of sp³-hybridized carbons (Fsp3) is 0.933. The summed E-state index contributed by atoms with van der Waals surface area (Å²) in [6.45, 7) is 6.79. The lowest BCUT2D eigenvalue weighted by molar-refractivity contribution is -0.134. The molecule has 3 heteroatoms. The molecule has 0 aromatic rings. The first-order valence-corrected chi connectivity index (χ1v) is 7.64. The van der Waals surface area contributed by atoms with Crippen molar-refractivity contribution < 1.29 is 4.79 Å². The molecule has 0 radical (unpaired) electrons. The van der Waals surface area contributed by atoms with Crippen LogP contribution in [0.1, 0.15) is 59.3 Å². The van der Waals surface area contributed by atoms with Crippen LogP contribution in [0.25, 0.3) is 0 Å². The fourth-order valence-electron chi connectivity index (χ4n) is 3.81. The van der Waals surface area contributed by atoms with E-state index in [1.54, 1.807) is 0 Å². The van der Waals surface area contributed by atoms with E-state index in [2.05, 4.69) is 31.0 Å². The van der Waals surface area contributed by atoms with Crippen LogP contribution in [0.5, 0.6) is 0 Å². The van der Waals surface area contributed by atoms with Gasteiger partial charge in [0, 0.05) is 6.04 Å². The van der Waals surface area contributed by atoms with Gasteiger partial charge in [-0.1, -0.05) is 33.6 Å². The van der Waals surface area contributed by atoms with E-state index in [0.717, 1.165) is 18.8 Å². The van der Waals surface area contributed by atoms with Gasteiger partial charge >= 0.3 is 0 Å². The molecule has 18 heavy (non-hydrogen) atoms. The molecule has 1 amide bonds. The molecule has 3 atom stereocenters. The molecular weight excluding hydrogens is 224 g/mol. The maximum absolute atomic E-state index is 12.7. The number of hydrogen-bond acceptors (Lipinski definition) is 2. The highest BCUT2D eigenvalue weighted by atomic mass is 16.2. The van der Waals surface area contributed by atoms with Crippen LogP contribution in [0, 0.1) is 11.8 Å². The lowest BCUT2D eigenvalue weighted by atomic mass is 9.85. The first kappa shape index (κ1) is 12.5. The van der Waals surface area contributed by atoms with Crippen molar-refractivity contribution >= 4 is 5.91 Å². The molecule has 3 nitrogen and oxygen atoms in total. The molecule has 1 heterocycles. The fourth-order valence-corrected chi connectivity index (χ4v) is 3.81. The zero-order valence-electron chi connectivity index (χ0n) is 11.9. The van der Waals surface area contributed by atoms with E-state index in [-0.39, 0.29) is 11.7 Å². The number of hydrogen-bond donors (Lipinski definition) is 1. The highest BCUT2D eigenvalue weighted by molar-refractivity contribution is 5.92. The van der Waals surface area contributed by atoms with E-state index < -0.39 is 0 Å². The SMILES string of the molecule is CC1CCCC(N2C(=O)C3(CC3)NC2C(C)C)C1. The Morgan fingerprint density at radius 2 is 2.06 bits per heavy atom. The van der Waals surface area contributed by atoms with Crippen LogP contribution >= 0.6 is 0 Å². The average Bonchev–Trinajstić information content (AvgIpc) is 3.02. The first-order valence-electron chi connectivity index (χ1n) is 7.64. The largest absolute Gasteiger partial charge is 0.322 e. The van der Waals surface area contributed by atoms with Crippen molar-refractivity contribution in [3.63, 3.8) is 0 Å². The van der Waals surface area contributed by atoms with Crippen molar-refractivity contribution in [1.82, 2.24) is 10.2 Å². The molecule has 0 aromatic heterocycles. The molecule has 3 aliphatic rings. The van der Waals surface area contributed by atoms with Crippen molar-refractivity contribution in [2.45, 2.75) is 77.0 Å². The second-order valence-corrected chi connectivity index (χ2v) is 7.05. The highest BCUT2D eigenvalue weighted by Crippen LogP contribution is 2.45. The van der Waals surface area contributed by atoms with Crippen molar-refractivity contribution in [2.75, 3.05) is 0 Å². The molecule has 0 bridgehead atoms. The molecule has 3 fully saturated rings. The van der Waals surface area contributed by atoms with E-state index in [9.17, 15) is 4.79 Å². The summed E-state index contributed by atoms with van der Waals surface area (Å²) in [5, 5.41) is 3.63. The monoisotopic (exact) mass is 250 g/mol. The van der Waals surface area contributed by atoms with Crippen LogP contribution in [-0.2, 0) is 4.79 Å². The van der Waals surface area contributed by atoms with Gasteiger partial charge in [-0.3, -0.25) is 10.1 Å². The second kappa shape index (κ2) is 4.22. The van der Waals surface area contributed by atoms with Gasteiger partial charge in [0.15, 0.2) is 0 Å². The number of nitrogens with zero attached hydrogens (tertiary/aromatic N) is 1. The van der Waals surface area contributed by atoms with Gasteiger partial charge in [0.2, 0.25) is 5.91 Å². The average molecular weight is 250 g/mol. The van der Waals surface area contributed by atoms with E-state index in [4.69, 9.17) is 0 Å². The molecule has 1 N–H and O–H groups in total. The molecule has 1 spiro atoms. The van der Waals surface area contributed by atoms with Gasteiger partial charge in [0.05, 0.1) is 11.7 Å². The molecule has 3 rings (SSSR count). The maximum Gasteiger partial charge on any atom is 0.244 e. The van der Waals surface area contributed by atoms with Gasteiger partial charge in [-0.25, -0.2) is 0 Å². The molecule has 2 saturated carbocycles. The Kier molecular flexibility index (Phi) is 2.92. The summed E-state index contributed by atoms with van der Waals surface area (Å²) in [6.07, 6.45) is 7.40. The maximum atomic E-state index is 12.7. The third kappa shape index (κ3) is 1.87. The Hall–Kier alpha value is -0.570. The normalized spacial score (nSPS) is 38.8. The number of nitrogens with one attached hydrogen (secondary N) is 1. The molecule has 3 unspecified atom stereocenters. The molecule has 1 aliphatic heterocycles. The van der Waals surface area contributed by atoms with E-state index in [1.807, 2.05) is 0 Å². The Morgan fingerprint density at radius 3 is 2.61 bits per heavy atom. The smallest absolute Gasteiger partial charge is 0.244 e. The Labute approximate surface area is 110 Å². The summed E-state index contributed by atoms with van der Waals surface area (Å²) in [5.74, 6) is 1.69. The summed E-state index contributed by atoms with van der Waals surface area (Å²) in [6, 6.07) is 0.487. The standard InChI is InChI=1S/C15H26N2O/c1-10(2)13-16-15(7-8-15)14(18)17(13)12-6-4-5-11(3)9-12/h10-13,16H,4-9H2,1-3H3. The van der Waals surface area contributed by atoms with Crippen LogP contribution in [0.4, 0.5) is 0 Å². The Morgan fingerprint density at radius 1 is 1.33 bits per heavy atom.